The third-order valence-electron chi connectivity index (χ3n) is 4.03. The molecule has 0 saturated heterocycles. The van der Waals surface area contributed by atoms with Gasteiger partial charge in [-0.2, -0.15) is 0 Å². The van der Waals surface area contributed by atoms with E-state index in [2.05, 4.69) is 10.6 Å². The Labute approximate surface area is 152 Å². The second-order valence-electron chi connectivity index (χ2n) is 6.13. The van der Waals surface area contributed by atoms with Crippen LogP contribution >= 0.6 is 0 Å². The van der Waals surface area contributed by atoms with Gasteiger partial charge < -0.3 is 25.6 Å². The molecule has 0 saturated carbocycles. The van der Waals surface area contributed by atoms with Crippen molar-refractivity contribution in [1.29, 1.82) is 0 Å². The first kappa shape index (κ1) is 21.4. The SMILES string of the molecule is CC[C@H](C)[C@H](NC(=O)OCc1ccccc1)C(=O)N[C@H](C(=O)O)[C@@H](C)O. The molecule has 0 radical (unpaired) electrons. The zero-order chi connectivity index (χ0) is 19.7. The molecule has 0 unspecified atom stereocenters. The summed E-state index contributed by atoms with van der Waals surface area (Å²) in [5.41, 5.74) is 0.798. The normalized spacial score (nSPS) is 15.2. The van der Waals surface area contributed by atoms with Crippen molar-refractivity contribution in [2.45, 2.75) is 52.0 Å². The van der Waals surface area contributed by atoms with Gasteiger partial charge in [0.15, 0.2) is 6.04 Å². The summed E-state index contributed by atoms with van der Waals surface area (Å²) in [4.78, 5) is 35.6. The molecule has 144 valence electrons. The maximum atomic E-state index is 12.4. The van der Waals surface area contributed by atoms with Crippen molar-refractivity contribution in [2.24, 2.45) is 5.92 Å². The molecule has 0 bridgehead atoms. The molecule has 0 heterocycles. The van der Waals surface area contributed by atoms with Gasteiger partial charge in [-0.25, -0.2) is 9.59 Å². The van der Waals surface area contributed by atoms with Gasteiger partial charge in [0.05, 0.1) is 6.10 Å². The molecule has 0 fully saturated rings. The van der Waals surface area contributed by atoms with Gasteiger partial charge in [-0.1, -0.05) is 50.6 Å². The van der Waals surface area contributed by atoms with Gasteiger partial charge in [-0.15, -0.1) is 0 Å². The number of ether oxygens (including phenoxy) is 1. The summed E-state index contributed by atoms with van der Waals surface area (Å²) in [5.74, 6) is -2.31. The van der Waals surface area contributed by atoms with E-state index in [1.807, 2.05) is 25.1 Å². The summed E-state index contributed by atoms with van der Waals surface area (Å²) in [7, 11) is 0. The molecule has 8 nitrogen and oxygen atoms in total. The maximum Gasteiger partial charge on any atom is 0.408 e. The summed E-state index contributed by atoms with van der Waals surface area (Å²) >= 11 is 0. The average Bonchev–Trinajstić information content (AvgIpc) is 2.61. The highest BCUT2D eigenvalue weighted by molar-refractivity contribution is 5.89. The number of nitrogens with one attached hydrogen (secondary N) is 2. The number of carboxylic acid groups (broad SMARTS) is 1. The van der Waals surface area contributed by atoms with Crippen molar-refractivity contribution in [3.63, 3.8) is 0 Å². The third kappa shape index (κ3) is 6.72. The monoisotopic (exact) mass is 366 g/mol. The fourth-order valence-corrected chi connectivity index (χ4v) is 2.23. The minimum atomic E-state index is -1.46. The third-order valence-corrected chi connectivity index (χ3v) is 4.03. The van der Waals surface area contributed by atoms with Crippen molar-refractivity contribution in [1.82, 2.24) is 10.6 Å². The minimum absolute atomic E-state index is 0.0486. The first-order valence-corrected chi connectivity index (χ1v) is 8.44. The molecular weight excluding hydrogens is 340 g/mol. The highest BCUT2D eigenvalue weighted by atomic mass is 16.5. The first-order chi connectivity index (χ1) is 12.3. The largest absolute Gasteiger partial charge is 0.480 e. The van der Waals surface area contributed by atoms with E-state index in [1.54, 1.807) is 19.1 Å². The Balaban J connectivity index is 2.71. The number of alkyl carbamates (subject to hydrolysis) is 1. The van der Waals surface area contributed by atoms with E-state index in [0.717, 1.165) is 5.56 Å². The average molecular weight is 366 g/mol. The number of hydrogen-bond donors (Lipinski definition) is 4. The predicted molar refractivity (Wildman–Crippen MR) is 94.3 cm³/mol. The van der Waals surface area contributed by atoms with Gasteiger partial charge in [0, 0.05) is 0 Å². The van der Waals surface area contributed by atoms with Crippen LogP contribution in [-0.2, 0) is 20.9 Å². The first-order valence-electron chi connectivity index (χ1n) is 8.44. The fraction of sp³-hybridized carbons (Fsp3) is 0.500. The molecular formula is C18H26N2O6. The fourth-order valence-electron chi connectivity index (χ4n) is 2.23. The topological polar surface area (TPSA) is 125 Å². The smallest absolute Gasteiger partial charge is 0.408 e. The molecule has 0 aliphatic carbocycles. The lowest BCUT2D eigenvalue weighted by Gasteiger charge is -2.26. The van der Waals surface area contributed by atoms with E-state index in [-0.39, 0.29) is 12.5 Å². The van der Waals surface area contributed by atoms with Crippen LogP contribution in [0.1, 0.15) is 32.8 Å². The van der Waals surface area contributed by atoms with Crippen LogP contribution in [0.25, 0.3) is 0 Å². The number of aliphatic hydroxyl groups is 1. The number of rotatable bonds is 9. The summed E-state index contributed by atoms with van der Waals surface area (Å²) < 4.78 is 5.11. The van der Waals surface area contributed by atoms with Gasteiger partial charge >= 0.3 is 12.1 Å². The summed E-state index contributed by atoms with van der Waals surface area (Å²) in [6.07, 6.45) is -1.49. The van der Waals surface area contributed by atoms with Crippen molar-refractivity contribution in [3.05, 3.63) is 35.9 Å². The standard InChI is InChI=1S/C18H26N2O6/c1-4-11(2)14(16(22)19-15(12(3)21)17(23)24)20-18(25)26-10-13-8-6-5-7-9-13/h5-9,11-12,14-15,21H,4,10H2,1-3H3,(H,19,22)(H,20,25)(H,23,24)/t11-,12+,14-,15-/m0/s1. The second kappa shape index (κ2) is 10.4. The number of hydrogen-bond acceptors (Lipinski definition) is 5. The number of amides is 2. The van der Waals surface area contributed by atoms with Crippen molar-refractivity contribution in [2.75, 3.05) is 0 Å². The number of carbonyl (C=O) groups excluding carboxylic acids is 2. The molecule has 26 heavy (non-hydrogen) atoms. The van der Waals surface area contributed by atoms with Crippen LogP contribution in [-0.4, -0.2) is 46.4 Å². The van der Waals surface area contributed by atoms with Crippen molar-refractivity contribution < 1.29 is 29.3 Å². The lowest BCUT2D eigenvalue weighted by molar-refractivity contribution is -0.145. The number of carbonyl (C=O) groups is 3. The van der Waals surface area contributed by atoms with Gasteiger partial charge in [-0.3, -0.25) is 4.79 Å². The number of carboxylic acids is 1. The molecule has 2 amide bonds. The summed E-state index contributed by atoms with van der Waals surface area (Å²) in [5, 5.41) is 23.3. The Hall–Kier alpha value is -2.61. The van der Waals surface area contributed by atoms with Gasteiger partial charge in [-0.05, 0) is 18.4 Å². The predicted octanol–water partition coefficient (Wildman–Crippen LogP) is 1.28. The van der Waals surface area contributed by atoms with Crippen LogP contribution in [0, 0.1) is 5.92 Å². The maximum absolute atomic E-state index is 12.4. The van der Waals surface area contributed by atoms with E-state index >= 15 is 0 Å². The summed E-state index contributed by atoms with van der Waals surface area (Å²) in [6.45, 7) is 4.90. The van der Waals surface area contributed by atoms with E-state index in [9.17, 15) is 19.5 Å². The van der Waals surface area contributed by atoms with Gasteiger partial charge in [0.1, 0.15) is 12.6 Å². The molecule has 1 aromatic carbocycles. The van der Waals surface area contributed by atoms with E-state index in [1.165, 1.54) is 6.92 Å². The Morgan fingerprint density at radius 1 is 1.08 bits per heavy atom. The van der Waals surface area contributed by atoms with Crippen LogP contribution in [0.3, 0.4) is 0 Å². The number of aliphatic carboxylic acids is 1. The molecule has 8 heteroatoms. The molecule has 0 aliphatic heterocycles. The van der Waals surface area contributed by atoms with Crippen LogP contribution < -0.4 is 10.6 Å². The summed E-state index contributed by atoms with van der Waals surface area (Å²) in [6, 6.07) is 6.62. The number of aliphatic hydroxyl groups excluding tert-OH is 1. The molecule has 1 rings (SSSR count). The Morgan fingerprint density at radius 2 is 1.69 bits per heavy atom. The molecule has 0 aliphatic rings. The molecule has 0 spiro atoms. The molecule has 1 aromatic rings. The molecule has 4 atom stereocenters. The lowest BCUT2D eigenvalue weighted by atomic mass is 9.98. The lowest BCUT2D eigenvalue weighted by Crippen LogP contribution is -2.56. The van der Waals surface area contributed by atoms with E-state index < -0.39 is 36.2 Å². The van der Waals surface area contributed by atoms with Crippen LogP contribution in [0.2, 0.25) is 0 Å². The van der Waals surface area contributed by atoms with Crippen LogP contribution in [0.5, 0.6) is 0 Å². The highest BCUT2D eigenvalue weighted by Crippen LogP contribution is 2.10. The highest BCUT2D eigenvalue weighted by Gasteiger charge is 2.32. The Morgan fingerprint density at radius 3 is 2.19 bits per heavy atom. The van der Waals surface area contributed by atoms with Crippen LogP contribution in [0.15, 0.2) is 30.3 Å². The Kier molecular flexibility index (Phi) is 8.57. The minimum Gasteiger partial charge on any atom is -0.480 e. The van der Waals surface area contributed by atoms with Crippen molar-refractivity contribution in [3.8, 4) is 0 Å². The zero-order valence-electron chi connectivity index (χ0n) is 15.1. The number of benzene rings is 1. The zero-order valence-corrected chi connectivity index (χ0v) is 15.1. The van der Waals surface area contributed by atoms with Gasteiger partial charge in [0.25, 0.3) is 0 Å². The quantitative estimate of drug-likeness (QED) is 0.522. The second-order valence-corrected chi connectivity index (χ2v) is 6.13. The molecule has 0 aromatic heterocycles. The van der Waals surface area contributed by atoms with E-state index in [0.29, 0.717) is 6.42 Å². The van der Waals surface area contributed by atoms with Gasteiger partial charge in [0.2, 0.25) is 5.91 Å². The Bertz CT molecular complexity index is 605. The van der Waals surface area contributed by atoms with Crippen LogP contribution in [0.4, 0.5) is 4.79 Å². The molecule has 4 N–H and O–H groups in total. The van der Waals surface area contributed by atoms with E-state index in [4.69, 9.17) is 9.84 Å². The van der Waals surface area contributed by atoms with Crippen molar-refractivity contribution >= 4 is 18.0 Å².